The minimum Gasteiger partial charge on any atom is -0.368 e. The summed E-state index contributed by atoms with van der Waals surface area (Å²) in [5.41, 5.74) is -0.220. The van der Waals surface area contributed by atoms with Gasteiger partial charge in [-0.25, -0.2) is 13.4 Å². The molecule has 0 bridgehead atoms. The number of aromatic nitrogens is 1. The van der Waals surface area contributed by atoms with Crippen LogP contribution in [0.1, 0.15) is 20.8 Å². The van der Waals surface area contributed by atoms with Crippen LogP contribution in [0.2, 0.25) is 5.02 Å². The van der Waals surface area contributed by atoms with E-state index >= 15 is 0 Å². The summed E-state index contributed by atoms with van der Waals surface area (Å²) in [5, 5.41) is 13.4. The van der Waals surface area contributed by atoms with Gasteiger partial charge in [0.1, 0.15) is 12.0 Å². The average molecular weight is 322 g/mol. The molecule has 0 aromatic carbocycles. The molecule has 0 fully saturated rings. The maximum Gasteiger partial charge on any atom is 0.289 e. The first kappa shape index (κ1) is 16.6. The fourth-order valence-corrected chi connectivity index (χ4v) is 2.48. The summed E-state index contributed by atoms with van der Waals surface area (Å²) in [6.45, 7) is 5.00. The van der Waals surface area contributed by atoms with Crippen molar-refractivity contribution in [1.82, 2.24) is 4.98 Å². The van der Waals surface area contributed by atoms with Crippen LogP contribution in [-0.4, -0.2) is 35.4 Å². The van der Waals surface area contributed by atoms with Gasteiger partial charge in [0.15, 0.2) is 9.84 Å². The number of pyridine rings is 1. The monoisotopic (exact) mass is 321 g/mol. The van der Waals surface area contributed by atoms with Crippen LogP contribution < -0.4 is 5.32 Å². The highest BCUT2D eigenvalue weighted by Gasteiger charge is 2.28. The van der Waals surface area contributed by atoms with E-state index in [1.807, 2.05) is 0 Å². The normalized spacial score (nSPS) is 12.2. The molecule has 1 aromatic rings. The van der Waals surface area contributed by atoms with Crippen LogP contribution in [0.25, 0.3) is 0 Å². The van der Waals surface area contributed by atoms with Crippen molar-refractivity contribution in [3.05, 3.63) is 27.4 Å². The third-order valence-corrected chi connectivity index (χ3v) is 5.53. The number of nitrogens with one attached hydrogen (secondary N) is 1. The Morgan fingerprint density at radius 3 is 2.50 bits per heavy atom. The fraction of sp³-hybridized carbons (Fsp3) is 0.545. The molecular weight excluding hydrogens is 306 g/mol. The number of halogens is 1. The molecule has 1 aromatic heterocycles. The van der Waals surface area contributed by atoms with Gasteiger partial charge >= 0.3 is 0 Å². The predicted molar refractivity (Wildman–Crippen MR) is 77.9 cm³/mol. The topological polar surface area (TPSA) is 102 Å². The SMILES string of the molecule is CC(C)(C)S(=O)(=O)CCNc1ncc([N+](=O)[O-])cc1Cl. The Bertz CT molecular complexity index is 611. The summed E-state index contributed by atoms with van der Waals surface area (Å²) in [5.74, 6) is 0.146. The lowest BCUT2D eigenvalue weighted by Crippen LogP contribution is -2.33. The minimum atomic E-state index is -3.24. The van der Waals surface area contributed by atoms with Crippen molar-refractivity contribution in [3.8, 4) is 0 Å². The van der Waals surface area contributed by atoms with Gasteiger partial charge in [-0.15, -0.1) is 0 Å². The molecule has 7 nitrogen and oxygen atoms in total. The van der Waals surface area contributed by atoms with E-state index in [1.54, 1.807) is 20.8 Å². The highest BCUT2D eigenvalue weighted by Crippen LogP contribution is 2.24. The summed E-state index contributed by atoms with van der Waals surface area (Å²) >= 11 is 5.83. The van der Waals surface area contributed by atoms with Crippen molar-refractivity contribution < 1.29 is 13.3 Å². The molecule has 0 aliphatic rings. The molecule has 0 unspecified atom stereocenters. The summed E-state index contributed by atoms with van der Waals surface area (Å²) in [4.78, 5) is 13.7. The molecule has 0 saturated heterocycles. The summed E-state index contributed by atoms with van der Waals surface area (Å²) in [7, 11) is -3.24. The van der Waals surface area contributed by atoms with Crippen molar-refractivity contribution in [2.75, 3.05) is 17.6 Å². The second kappa shape index (κ2) is 5.92. The van der Waals surface area contributed by atoms with Crippen molar-refractivity contribution in [2.45, 2.75) is 25.5 Å². The lowest BCUT2D eigenvalue weighted by atomic mass is 10.3. The standard InChI is InChI=1S/C11H16ClN3O4S/c1-11(2,3)20(18,19)5-4-13-10-9(12)6-8(7-14-10)15(16)17/h6-7H,4-5H2,1-3H3,(H,13,14). The van der Waals surface area contributed by atoms with Gasteiger partial charge in [0.2, 0.25) is 0 Å². The fourth-order valence-electron chi connectivity index (χ4n) is 1.27. The lowest BCUT2D eigenvalue weighted by molar-refractivity contribution is -0.385. The number of sulfone groups is 1. The minimum absolute atomic E-state index is 0.0763. The van der Waals surface area contributed by atoms with Crippen LogP contribution in [0.15, 0.2) is 12.3 Å². The Kier molecular flexibility index (Phi) is 4.93. The second-order valence-corrected chi connectivity index (χ2v) is 8.41. The number of anilines is 1. The molecule has 1 N–H and O–H groups in total. The highest BCUT2D eigenvalue weighted by molar-refractivity contribution is 7.92. The van der Waals surface area contributed by atoms with Crippen LogP contribution in [0.4, 0.5) is 11.5 Å². The quantitative estimate of drug-likeness (QED) is 0.659. The molecule has 1 rings (SSSR count). The number of hydrogen-bond donors (Lipinski definition) is 1. The Hall–Kier alpha value is -1.41. The van der Waals surface area contributed by atoms with E-state index in [2.05, 4.69) is 10.3 Å². The van der Waals surface area contributed by atoms with E-state index in [0.717, 1.165) is 12.3 Å². The molecule has 1 heterocycles. The van der Waals surface area contributed by atoms with Gasteiger partial charge in [0.05, 0.1) is 20.4 Å². The smallest absolute Gasteiger partial charge is 0.289 e. The molecule has 20 heavy (non-hydrogen) atoms. The van der Waals surface area contributed by atoms with Crippen LogP contribution in [0, 0.1) is 10.1 Å². The summed E-state index contributed by atoms with van der Waals surface area (Å²) in [6.07, 6.45) is 1.06. The average Bonchev–Trinajstić information content (AvgIpc) is 2.29. The zero-order valence-electron chi connectivity index (χ0n) is 11.4. The number of nitro groups is 1. The molecule has 112 valence electrons. The van der Waals surface area contributed by atoms with Crippen LogP contribution in [-0.2, 0) is 9.84 Å². The van der Waals surface area contributed by atoms with Gasteiger partial charge < -0.3 is 5.32 Å². The van der Waals surface area contributed by atoms with Gasteiger partial charge in [0.25, 0.3) is 5.69 Å². The maximum absolute atomic E-state index is 11.9. The van der Waals surface area contributed by atoms with E-state index in [4.69, 9.17) is 11.6 Å². The zero-order chi connectivity index (χ0) is 15.6. The number of hydrogen-bond acceptors (Lipinski definition) is 6. The van der Waals surface area contributed by atoms with Crippen LogP contribution in [0.5, 0.6) is 0 Å². The highest BCUT2D eigenvalue weighted by atomic mass is 35.5. The van der Waals surface area contributed by atoms with E-state index in [1.165, 1.54) is 0 Å². The molecular formula is C11H16ClN3O4S. The largest absolute Gasteiger partial charge is 0.368 e. The first-order valence-electron chi connectivity index (χ1n) is 5.81. The van der Waals surface area contributed by atoms with E-state index < -0.39 is 19.5 Å². The van der Waals surface area contributed by atoms with E-state index in [0.29, 0.717) is 0 Å². The summed E-state index contributed by atoms with van der Waals surface area (Å²) in [6, 6.07) is 1.16. The van der Waals surface area contributed by atoms with E-state index in [9.17, 15) is 18.5 Å². The Morgan fingerprint density at radius 1 is 1.45 bits per heavy atom. The Balaban J connectivity index is 2.71. The van der Waals surface area contributed by atoms with Crippen molar-refractivity contribution in [3.63, 3.8) is 0 Å². The second-order valence-electron chi connectivity index (χ2n) is 5.14. The first-order valence-corrected chi connectivity index (χ1v) is 7.84. The van der Waals surface area contributed by atoms with Crippen LogP contribution >= 0.6 is 11.6 Å². The maximum atomic E-state index is 11.9. The van der Waals surface area contributed by atoms with E-state index in [-0.39, 0.29) is 28.8 Å². The molecule has 0 aliphatic heterocycles. The first-order chi connectivity index (χ1) is 9.04. The molecule has 9 heteroatoms. The van der Waals surface area contributed by atoms with Crippen molar-refractivity contribution in [1.29, 1.82) is 0 Å². The predicted octanol–water partition coefficient (Wildman–Crippen LogP) is 2.27. The van der Waals surface area contributed by atoms with Gasteiger partial charge in [0, 0.05) is 12.6 Å². The third kappa shape index (κ3) is 4.04. The molecule has 0 spiro atoms. The van der Waals surface area contributed by atoms with Crippen molar-refractivity contribution >= 4 is 32.9 Å². The van der Waals surface area contributed by atoms with Crippen LogP contribution in [0.3, 0.4) is 0 Å². The molecule has 0 aliphatic carbocycles. The van der Waals surface area contributed by atoms with Crippen molar-refractivity contribution in [2.24, 2.45) is 0 Å². The molecule has 0 atom stereocenters. The number of nitrogens with zero attached hydrogens (tertiary/aromatic N) is 2. The summed E-state index contributed by atoms with van der Waals surface area (Å²) < 4.78 is 22.9. The van der Waals surface area contributed by atoms with Gasteiger partial charge in [-0.3, -0.25) is 10.1 Å². The zero-order valence-corrected chi connectivity index (χ0v) is 13.0. The van der Waals surface area contributed by atoms with Gasteiger partial charge in [-0.1, -0.05) is 11.6 Å². The van der Waals surface area contributed by atoms with Gasteiger partial charge in [-0.05, 0) is 20.8 Å². The Labute approximate surface area is 122 Å². The third-order valence-electron chi connectivity index (χ3n) is 2.63. The van der Waals surface area contributed by atoms with Gasteiger partial charge in [-0.2, -0.15) is 0 Å². The molecule has 0 amide bonds. The number of rotatable bonds is 5. The molecule has 0 radical (unpaired) electrons. The molecule has 0 saturated carbocycles. The lowest BCUT2D eigenvalue weighted by Gasteiger charge is -2.19. The Morgan fingerprint density at radius 2 is 2.05 bits per heavy atom.